The molecule has 0 bridgehead atoms. The molecule has 2 aromatic heterocycles. The molecule has 9 nitrogen and oxygen atoms in total. The van der Waals surface area contributed by atoms with E-state index in [2.05, 4.69) is 10.3 Å². The first kappa shape index (κ1) is 22.1. The quantitative estimate of drug-likeness (QED) is 0.578. The van der Waals surface area contributed by atoms with Crippen LogP contribution in [-0.4, -0.2) is 44.7 Å². The molecule has 10 heteroatoms. The van der Waals surface area contributed by atoms with Crippen molar-refractivity contribution in [1.29, 1.82) is 0 Å². The first-order chi connectivity index (χ1) is 16.3. The molecule has 0 unspecified atom stereocenters. The highest BCUT2D eigenvalue weighted by Crippen LogP contribution is 2.43. The topological polar surface area (TPSA) is 104 Å². The Morgan fingerprint density at radius 2 is 1.85 bits per heavy atom. The lowest BCUT2D eigenvalue weighted by Crippen LogP contribution is -2.71. The van der Waals surface area contributed by atoms with E-state index in [1.165, 1.54) is 4.40 Å². The Morgan fingerprint density at radius 1 is 1.12 bits per heavy atom. The van der Waals surface area contributed by atoms with Crippen molar-refractivity contribution < 1.29 is 14.4 Å². The summed E-state index contributed by atoms with van der Waals surface area (Å²) in [5, 5.41) is 2.75. The fraction of sp³-hybridized carbons (Fsp3) is 0.292. The summed E-state index contributed by atoms with van der Waals surface area (Å²) in [6.07, 6.45) is 1.43. The predicted octanol–water partition coefficient (Wildman–Crippen LogP) is 2.38. The lowest BCUT2D eigenvalue weighted by Gasteiger charge is -2.49. The standard InChI is InChI=1S/C24H22ClN5O4/c1-3-28-14(2)24(12-16-19(28)26-18-10-6-7-11-29(18)20(16)31)21(32)27-23(34)30(22(24)33)13-15-8-4-5-9-17(15)25/h4-11,14H,3,12-13H2,1-2H3,(H,27,32,34)/t14-,24+/m1/s1. The van der Waals surface area contributed by atoms with Gasteiger partial charge in [-0.15, -0.1) is 0 Å². The Hall–Kier alpha value is -3.72. The molecule has 4 amide bonds. The van der Waals surface area contributed by atoms with Gasteiger partial charge in [0.2, 0.25) is 11.8 Å². The smallest absolute Gasteiger partial charge is 0.331 e. The zero-order valence-corrected chi connectivity index (χ0v) is 19.4. The van der Waals surface area contributed by atoms with E-state index >= 15 is 0 Å². The maximum atomic E-state index is 13.9. The van der Waals surface area contributed by atoms with Gasteiger partial charge in [0.1, 0.15) is 11.5 Å². The van der Waals surface area contributed by atoms with Crippen LogP contribution in [0.25, 0.3) is 5.65 Å². The highest BCUT2D eigenvalue weighted by Gasteiger charge is 2.61. The van der Waals surface area contributed by atoms with Crippen LogP contribution in [-0.2, 0) is 22.6 Å². The highest BCUT2D eigenvalue weighted by atomic mass is 35.5. The molecule has 174 valence electrons. The number of amides is 4. The number of barbiturate groups is 1. The van der Waals surface area contributed by atoms with Crippen LogP contribution < -0.4 is 15.8 Å². The molecule has 0 aliphatic carbocycles. The molecule has 0 saturated carbocycles. The minimum atomic E-state index is -1.68. The van der Waals surface area contributed by atoms with Crippen molar-refractivity contribution in [2.45, 2.75) is 32.9 Å². The molecule has 2 atom stereocenters. The molecular formula is C24H22ClN5O4. The predicted molar refractivity (Wildman–Crippen MR) is 126 cm³/mol. The van der Waals surface area contributed by atoms with E-state index in [1.807, 2.05) is 6.92 Å². The number of hydrogen-bond donors (Lipinski definition) is 1. The summed E-state index contributed by atoms with van der Waals surface area (Å²) < 4.78 is 1.40. The van der Waals surface area contributed by atoms with Gasteiger partial charge in [0.05, 0.1) is 18.2 Å². The minimum absolute atomic E-state index is 0.0972. The van der Waals surface area contributed by atoms with Gasteiger partial charge in [-0.25, -0.2) is 9.78 Å². The first-order valence-electron chi connectivity index (χ1n) is 11.0. The van der Waals surface area contributed by atoms with Gasteiger partial charge in [-0.05, 0) is 37.6 Å². The van der Waals surface area contributed by atoms with Gasteiger partial charge in [-0.1, -0.05) is 35.9 Å². The van der Waals surface area contributed by atoms with Gasteiger partial charge >= 0.3 is 6.03 Å². The number of pyridine rings is 1. The van der Waals surface area contributed by atoms with E-state index in [-0.39, 0.29) is 24.1 Å². The number of rotatable bonds is 3. The molecule has 34 heavy (non-hydrogen) atoms. The third kappa shape index (κ3) is 3.03. The number of aromatic nitrogens is 2. The van der Waals surface area contributed by atoms with E-state index in [9.17, 15) is 19.2 Å². The average molecular weight is 480 g/mol. The lowest BCUT2D eigenvalue weighted by atomic mass is 9.69. The summed E-state index contributed by atoms with van der Waals surface area (Å²) in [7, 11) is 0. The number of hydrogen-bond acceptors (Lipinski definition) is 6. The summed E-state index contributed by atoms with van der Waals surface area (Å²) in [5.41, 5.74) is -0.717. The van der Waals surface area contributed by atoms with Crippen molar-refractivity contribution in [2.24, 2.45) is 5.41 Å². The third-order valence-electron chi connectivity index (χ3n) is 6.84. The van der Waals surface area contributed by atoms with E-state index < -0.39 is 29.3 Å². The van der Waals surface area contributed by atoms with Crippen molar-refractivity contribution in [3.63, 3.8) is 0 Å². The molecule has 1 fully saturated rings. The molecule has 1 saturated heterocycles. The number of anilines is 1. The van der Waals surface area contributed by atoms with E-state index in [0.29, 0.717) is 28.6 Å². The monoisotopic (exact) mass is 479 g/mol. The molecule has 1 spiro atoms. The second-order valence-electron chi connectivity index (χ2n) is 8.50. The van der Waals surface area contributed by atoms with Crippen molar-refractivity contribution >= 4 is 40.9 Å². The minimum Gasteiger partial charge on any atom is -0.352 e. The number of nitrogens with one attached hydrogen (secondary N) is 1. The Balaban J connectivity index is 1.66. The number of urea groups is 1. The van der Waals surface area contributed by atoms with Crippen LogP contribution >= 0.6 is 11.6 Å². The van der Waals surface area contributed by atoms with Gasteiger partial charge in [0.25, 0.3) is 5.56 Å². The molecule has 2 aliphatic rings. The average Bonchev–Trinajstić information content (AvgIpc) is 2.82. The molecule has 1 aromatic carbocycles. The molecule has 0 radical (unpaired) electrons. The number of imide groups is 2. The zero-order chi connectivity index (χ0) is 24.2. The second-order valence-corrected chi connectivity index (χ2v) is 8.91. The molecule has 4 heterocycles. The van der Waals surface area contributed by atoms with Gasteiger partial charge in [0, 0.05) is 24.2 Å². The van der Waals surface area contributed by atoms with Gasteiger partial charge in [-0.2, -0.15) is 0 Å². The maximum Gasteiger partial charge on any atom is 0.331 e. The molecule has 1 N–H and O–H groups in total. The Bertz CT molecular complexity index is 1420. The van der Waals surface area contributed by atoms with Crippen LogP contribution in [0.15, 0.2) is 53.5 Å². The summed E-state index contributed by atoms with van der Waals surface area (Å²) in [6, 6.07) is 10.6. The fourth-order valence-corrected chi connectivity index (χ4v) is 5.17. The van der Waals surface area contributed by atoms with Crippen molar-refractivity contribution in [3.8, 4) is 0 Å². The molecular weight excluding hydrogens is 458 g/mol. The van der Waals surface area contributed by atoms with Gasteiger partial charge in [0.15, 0.2) is 5.41 Å². The van der Waals surface area contributed by atoms with Crippen molar-refractivity contribution in [1.82, 2.24) is 19.6 Å². The SMILES string of the molecule is CCN1c2nc3ccccn3c(=O)c2C[C@@]2(C(=O)NC(=O)N(Cc3ccccc3Cl)C2=O)[C@H]1C. The number of carbonyl (C=O) groups excluding carboxylic acids is 3. The summed E-state index contributed by atoms with van der Waals surface area (Å²) in [6.45, 7) is 3.93. The summed E-state index contributed by atoms with van der Waals surface area (Å²) in [4.78, 5) is 60.9. The van der Waals surface area contributed by atoms with E-state index in [4.69, 9.17) is 11.6 Å². The number of carbonyl (C=O) groups is 3. The number of nitrogens with zero attached hydrogens (tertiary/aromatic N) is 4. The third-order valence-corrected chi connectivity index (χ3v) is 7.21. The zero-order valence-electron chi connectivity index (χ0n) is 18.6. The van der Waals surface area contributed by atoms with E-state index in [1.54, 1.807) is 60.5 Å². The Kier molecular flexibility index (Phi) is 5.16. The van der Waals surface area contributed by atoms with Crippen LogP contribution in [0.1, 0.15) is 25.0 Å². The number of fused-ring (bicyclic) bond motifs is 2. The second kappa shape index (κ2) is 7.95. The van der Waals surface area contributed by atoms with Crippen LogP contribution in [0.5, 0.6) is 0 Å². The van der Waals surface area contributed by atoms with Crippen LogP contribution in [0.4, 0.5) is 10.6 Å². The summed E-state index contributed by atoms with van der Waals surface area (Å²) >= 11 is 6.27. The van der Waals surface area contributed by atoms with E-state index in [0.717, 1.165) is 4.90 Å². The Morgan fingerprint density at radius 3 is 2.59 bits per heavy atom. The summed E-state index contributed by atoms with van der Waals surface area (Å²) in [5.74, 6) is -0.922. The lowest BCUT2D eigenvalue weighted by molar-refractivity contribution is -0.153. The Labute approximate surface area is 199 Å². The fourth-order valence-electron chi connectivity index (χ4n) is 4.98. The van der Waals surface area contributed by atoms with Crippen LogP contribution in [0.3, 0.4) is 0 Å². The van der Waals surface area contributed by atoms with Crippen molar-refractivity contribution in [2.75, 3.05) is 11.4 Å². The van der Waals surface area contributed by atoms with Gasteiger partial charge in [-0.3, -0.25) is 29.0 Å². The molecule has 5 rings (SSSR count). The number of benzene rings is 1. The van der Waals surface area contributed by atoms with Crippen LogP contribution in [0, 0.1) is 5.41 Å². The first-order valence-corrected chi connectivity index (χ1v) is 11.3. The van der Waals surface area contributed by atoms with Gasteiger partial charge < -0.3 is 4.90 Å². The maximum absolute atomic E-state index is 13.9. The normalized spacial score (nSPS) is 22.3. The molecule has 2 aliphatic heterocycles. The van der Waals surface area contributed by atoms with Crippen molar-refractivity contribution in [3.05, 3.63) is 75.2 Å². The highest BCUT2D eigenvalue weighted by molar-refractivity contribution is 6.31. The molecule has 3 aromatic rings. The van der Waals surface area contributed by atoms with Crippen LogP contribution in [0.2, 0.25) is 5.02 Å². The largest absolute Gasteiger partial charge is 0.352 e. The number of halogens is 1.